The minimum absolute atomic E-state index is 0.427. The van der Waals surface area contributed by atoms with Gasteiger partial charge in [-0.3, -0.25) is 4.79 Å². The molecule has 0 aromatic rings. The molecule has 1 heterocycles. The van der Waals surface area contributed by atoms with Crippen LogP contribution in [0.2, 0.25) is 0 Å². The van der Waals surface area contributed by atoms with E-state index in [1.807, 2.05) is 0 Å². The Morgan fingerprint density at radius 1 is 1.70 bits per heavy atom. The molecule has 0 aromatic heterocycles. The van der Waals surface area contributed by atoms with Crippen LogP contribution < -0.4 is 5.32 Å². The van der Waals surface area contributed by atoms with Crippen molar-refractivity contribution in [1.82, 2.24) is 5.32 Å². The van der Waals surface area contributed by atoms with Crippen LogP contribution in [0.5, 0.6) is 0 Å². The Morgan fingerprint density at radius 3 is 2.80 bits per heavy atom. The van der Waals surface area contributed by atoms with Crippen LogP contribution in [0.4, 0.5) is 0 Å². The van der Waals surface area contributed by atoms with Crippen molar-refractivity contribution in [2.45, 2.75) is 25.8 Å². The van der Waals surface area contributed by atoms with Crippen LogP contribution >= 0.6 is 0 Å². The zero-order valence-corrected chi connectivity index (χ0v) is 6.08. The third kappa shape index (κ3) is 1.70. The lowest BCUT2D eigenvalue weighted by Crippen LogP contribution is -2.37. The molecule has 1 saturated heterocycles. The molecule has 2 atom stereocenters. The molecular formula is C7H12NO2. The van der Waals surface area contributed by atoms with Crippen molar-refractivity contribution in [2.75, 3.05) is 6.54 Å². The summed E-state index contributed by atoms with van der Waals surface area (Å²) in [6, 6.07) is -0.427. The SMILES string of the molecule is CC1CC[N]C(C(=O)O)C1. The summed E-state index contributed by atoms with van der Waals surface area (Å²) in [5, 5.41) is 12.5. The highest BCUT2D eigenvalue weighted by molar-refractivity contribution is 5.73. The predicted octanol–water partition coefficient (Wildman–Crippen LogP) is 0.474. The smallest absolute Gasteiger partial charge is 0.322 e. The summed E-state index contributed by atoms with van der Waals surface area (Å²) in [6.45, 7) is 2.79. The summed E-state index contributed by atoms with van der Waals surface area (Å²) >= 11 is 0. The van der Waals surface area contributed by atoms with Crippen molar-refractivity contribution < 1.29 is 9.90 Å². The van der Waals surface area contributed by atoms with Gasteiger partial charge in [0.15, 0.2) is 0 Å². The molecule has 1 fully saturated rings. The predicted molar refractivity (Wildman–Crippen MR) is 36.8 cm³/mol. The Morgan fingerprint density at radius 2 is 2.40 bits per heavy atom. The van der Waals surface area contributed by atoms with Crippen molar-refractivity contribution >= 4 is 5.97 Å². The van der Waals surface area contributed by atoms with E-state index in [1.54, 1.807) is 0 Å². The first kappa shape index (κ1) is 7.54. The average Bonchev–Trinajstić information content (AvgIpc) is 1.88. The third-order valence-corrected chi connectivity index (χ3v) is 1.88. The van der Waals surface area contributed by atoms with E-state index in [9.17, 15) is 4.79 Å². The zero-order chi connectivity index (χ0) is 7.56. The summed E-state index contributed by atoms with van der Waals surface area (Å²) in [5.41, 5.74) is 0. The lowest BCUT2D eigenvalue weighted by molar-refractivity contribution is -0.140. The number of hydrogen-bond acceptors (Lipinski definition) is 1. The Kier molecular flexibility index (Phi) is 2.27. The first-order chi connectivity index (χ1) is 4.70. The Labute approximate surface area is 60.4 Å². The Balaban J connectivity index is 2.39. The minimum atomic E-state index is -0.772. The number of aliphatic carboxylic acids is 1. The molecule has 57 valence electrons. The van der Waals surface area contributed by atoms with Crippen LogP contribution in [0.15, 0.2) is 0 Å². The van der Waals surface area contributed by atoms with Gasteiger partial charge in [-0.25, -0.2) is 5.32 Å². The largest absolute Gasteiger partial charge is 0.480 e. The van der Waals surface area contributed by atoms with Gasteiger partial charge in [0.1, 0.15) is 6.04 Å². The van der Waals surface area contributed by atoms with E-state index in [2.05, 4.69) is 12.2 Å². The monoisotopic (exact) mass is 142 g/mol. The fourth-order valence-corrected chi connectivity index (χ4v) is 1.20. The molecule has 0 saturated carbocycles. The molecule has 1 rings (SSSR count). The van der Waals surface area contributed by atoms with E-state index in [1.165, 1.54) is 0 Å². The lowest BCUT2D eigenvalue weighted by atomic mass is 9.94. The van der Waals surface area contributed by atoms with Crippen LogP contribution in [0.25, 0.3) is 0 Å². The van der Waals surface area contributed by atoms with Crippen molar-refractivity contribution in [3.8, 4) is 0 Å². The maximum atomic E-state index is 10.4. The molecule has 0 aliphatic carbocycles. The van der Waals surface area contributed by atoms with Crippen molar-refractivity contribution in [1.29, 1.82) is 0 Å². The molecule has 3 nitrogen and oxygen atoms in total. The number of carboxylic acids is 1. The van der Waals surface area contributed by atoms with E-state index in [0.29, 0.717) is 5.92 Å². The van der Waals surface area contributed by atoms with Crippen LogP contribution in [-0.4, -0.2) is 23.7 Å². The van der Waals surface area contributed by atoms with Gasteiger partial charge in [0.25, 0.3) is 0 Å². The third-order valence-electron chi connectivity index (χ3n) is 1.88. The van der Waals surface area contributed by atoms with Crippen LogP contribution in [0, 0.1) is 5.92 Å². The number of hydrogen-bond donors (Lipinski definition) is 1. The van der Waals surface area contributed by atoms with E-state index >= 15 is 0 Å². The van der Waals surface area contributed by atoms with Crippen LogP contribution in [0.1, 0.15) is 19.8 Å². The number of carbonyl (C=O) groups is 1. The van der Waals surface area contributed by atoms with Gasteiger partial charge in [0.2, 0.25) is 0 Å². The lowest BCUT2D eigenvalue weighted by Gasteiger charge is -2.22. The number of piperidine rings is 1. The van der Waals surface area contributed by atoms with Gasteiger partial charge in [-0.05, 0) is 18.8 Å². The van der Waals surface area contributed by atoms with Gasteiger partial charge in [-0.2, -0.15) is 0 Å². The van der Waals surface area contributed by atoms with Gasteiger partial charge >= 0.3 is 5.97 Å². The second kappa shape index (κ2) is 3.01. The molecule has 1 N–H and O–H groups in total. The molecule has 1 aliphatic rings. The second-order valence-corrected chi connectivity index (χ2v) is 2.89. The summed E-state index contributed by atoms with van der Waals surface area (Å²) in [5.74, 6) is -0.245. The number of carboxylic acid groups (broad SMARTS) is 1. The summed E-state index contributed by atoms with van der Waals surface area (Å²) < 4.78 is 0. The topological polar surface area (TPSA) is 51.4 Å². The molecule has 0 aromatic carbocycles. The molecule has 3 heteroatoms. The number of nitrogens with zero attached hydrogens (tertiary/aromatic N) is 1. The average molecular weight is 142 g/mol. The summed E-state index contributed by atoms with van der Waals surface area (Å²) in [7, 11) is 0. The maximum absolute atomic E-state index is 10.4. The van der Waals surface area contributed by atoms with Gasteiger partial charge in [-0.15, -0.1) is 0 Å². The molecule has 2 unspecified atom stereocenters. The van der Waals surface area contributed by atoms with Gasteiger partial charge in [-0.1, -0.05) is 6.92 Å². The van der Waals surface area contributed by atoms with Crippen molar-refractivity contribution in [2.24, 2.45) is 5.92 Å². The van der Waals surface area contributed by atoms with Crippen molar-refractivity contribution in [3.63, 3.8) is 0 Å². The fourth-order valence-electron chi connectivity index (χ4n) is 1.20. The fraction of sp³-hybridized carbons (Fsp3) is 0.857. The Bertz CT molecular complexity index is 136. The van der Waals surface area contributed by atoms with Gasteiger partial charge in [0.05, 0.1) is 0 Å². The summed E-state index contributed by atoms with van der Waals surface area (Å²) in [4.78, 5) is 10.4. The van der Waals surface area contributed by atoms with E-state index in [0.717, 1.165) is 19.4 Å². The molecule has 0 amide bonds. The molecule has 0 spiro atoms. The summed E-state index contributed by atoms with van der Waals surface area (Å²) in [6.07, 6.45) is 1.76. The van der Waals surface area contributed by atoms with E-state index in [-0.39, 0.29) is 0 Å². The van der Waals surface area contributed by atoms with E-state index < -0.39 is 12.0 Å². The van der Waals surface area contributed by atoms with Crippen LogP contribution in [-0.2, 0) is 4.79 Å². The quantitative estimate of drug-likeness (QED) is 0.578. The number of rotatable bonds is 1. The first-order valence-corrected chi connectivity index (χ1v) is 3.59. The van der Waals surface area contributed by atoms with Crippen LogP contribution in [0.3, 0.4) is 0 Å². The maximum Gasteiger partial charge on any atom is 0.322 e. The molecule has 10 heavy (non-hydrogen) atoms. The molecule has 1 aliphatic heterocycles. The molecule has 0 bridgehead atoms. The highest BCUT2D eigenvalue weighted by atomic mass is 16.4. The Hall–Kier alpha value is -0.570. The second-order valence-electron chi connectivity index (χ2n) is 2.89. The molecule has 1 radical (unpaired) electrons. The van der Waals surface area contributed by atoms with Gasteiger partial charge in [0, 0.05) is 6.54 Å². The normalized spacial score (nSPS) is 33.7. The molecular weight excluding hydrogens is 130 g/mol. The zero-order valence-electron chi connectivity index (χ0n) is 6.08. The highest BCUT2D eigenvalue weighted by Crippen LogP contribution is 2.15. The minimum Gasteiger partial charge on any atom is -0.480 e. The van der Waals surface area contributed by atoms with Gasteiger partial charge < -0.3 is 5.11 Å². The van der Waals surface area contributed by atoms with E-state index in [4.69, 9.17) is 5.11 Å². The standard InChI is InChI=1S/C7H12NO2/c1-5-2-3-8-6(4-5)7(9)10/h5-6H,2-4H2,1H3,(H,9,10). The first-order valence-electron chi connectivity index (χ1n) is 3.59. The van der Waals surface area contributed by atoms with Crippen molar-refractivity contribution in [3.05, 3.63) is 0 Å². The highest BCUT2D eigenvalue weighted by Gasteiger charge is 2.24.